The molecule has 0 bridgehead atoms. The zero-order valence-corrected chi connectivity index (χ0v) is 6.89. The number of carbonyl (C=O) groups excluding carboxylic acids is 2. The molecule has 0 spiro atoms. The average molecular weight is 110 g/mol. The molecule has 0 aromatic rings. The summed E-state index contributed by atoms with van der Waals surface area (Å²) in [7, 11) is 0. The van der Waals surface area contributed by atoms with Crippen molar-refractivity contribution in [3.05, 3.63) is 0 Å². The third-order valence-corrected chi connectivity index (χ3v) is 0. The molecule has 0 heterocycles. The van der Waals surface area contributed by atoms with Gasteiger partial charge in [-0.25, -0.2) is 0 Å². The maximum absolute atomic E-state index is 9.51. The molecule has 0 radical (unpaired) electrons. The summed E-state index contributed by atoms with van der Waals surface area (Å²) in [5.74, 6) is 0. The van der Waals surface area contributed by atoms with Crippen LogP contribution in [0.25, 0.3) is 0 Å². The summed E-state index contributed by atoms with van der Waals surface area (Å²) < 4.78 is 0.306. The first kappa shape index (κ1) is 10.3. The van der Waals surface area contributed by atoms with Crippen LogP contribution < -0.4 is 0 Å². The fraction of sp³-hybridized carbons (Fsp3) is 0.500. The molecule has 0 unspecified atom stereocenters. The van der Waals surface area contributed by atoms with Gasteiger partial charge in [0.15, 0.2) is 0 Å². The van der Waals surface area contributed by atoms with Crippen molar-refractivity contribution >= 4 is 37.2 Å². The summed E-state index contributed by atoms with van der Waals surface area (Å²) >= 11 is 0.710. The van der Waals surface area contributed by atoms with E-state index in [1.54, 1.807) is 6.92 Å². The predicted molar refractivity (Wildman–Crippen MR) is 28.2 cm³/mol. The van der Waals surface area contributed by atoms with Gasteiger partial charge < -0.3 is 4.79 Å². The van der Waals surface area contributed by atoms with Crippen molar-refractivity contribution in [1.29, 1.82) is 0 Å². The van der Waals surface area contributed by atoms with E-state index in [2.05, 4.69) is 0 Å². The van der Waals surface area contributed by atoms with E-state index in [1.807, 2.05) is 0 Å². The van der Waals surface area contributed by atoms with Crippen molar-refractivity contribution in [3.8, 4) is 0 Å². The number of rotatable bonds is 0. The Morgan fingerprint density at radius 2 is 1.71 bits per heavy atom. The van der Waals surface area contributed by atoms with Crippen LogP contribution in [0.4, 0.5) is 0 Å². The summed E-state index contributed by atoms with van der Waals surface area (Å²) in [6.45, 7) is 3.03. The van der Waals surface area contributed by atoms with Crippen LogP contribution in [-0.2, 0) is 9.59 Å². The molecule has 0 fully saturated rings. The number of carbonyl (C=O) groups is 2. The van der Waals surface area contributed by atoms with Gasteiger partial charge in [0, 0.05) is 0 Å². The second-order valence-corrected chi connectivity index (χ2v) is 2.55. The van der Waals surface area contributed by atoms with Crippen LogP contribution in [0.1, 0.15) is 13.8 Å². The summed E-state index contributed by atoms with van der Waals surface area (Å²) in [4.78, 5) is 18.3. The molecule has 3 heteroatoms. The van der Waals surface area contributed by atoms with Crippen molar-refractivity contribution in [2.75, 3.05) is 0 Å². The first-order valence-electron chi connectivity index (χ1n) is 2.02. The molecule has 0 atom stereocenters. The van der Waals surface area contributed by atoms with Crippen molar-refractivity contribution in [2.24, 2.45) is 0 Å². The van der Waals surface area contributed by atoms with Gasteiger partial charge in [-0.3, -0.25) is 0 Å². The Labute approximate surface area is 60.7 Å². The first-order valence-corrected chi connectivity index (χ1v) is 3.02. The zero-order chi connectivity index (χ0) is 6.28. The molecule has 36 valence electrons. The van der Waals surface area contributed by atoms with Crippen LogP contribution >= 0.6 is 0 Å². The van der Waals surface area contributed by atoms with Crippen molar-refractivity contribution < 1.29 is 9.59 Å². The van der Waals surface area contributed by atoms with E-state index in [0.29, 0.717) is 31.0 Å². The SMILES string of the molecule is CC=O.C[C](=O)[Na]. The molecule has 0 aliphatic heterocycles. The van der Waals surface area contributed by atoms with Crippen molar-refractivity contribution in [3.63, 3.8) is 0 Å². The van der Waals surface area contributed by atoms with Crippen LogP contribution in [-0.4, -0.2) is 37.2 Å². The second-order valence-electron chi connectivity index (χ2n) is 1.14. The van der Waals surface area contributed by atoms with Crippen LogP contribution in [0.3, 0.4) is 0 Å². The van der Waals surface area contributed by atoms with Crippen molar-refractivity contribution in [1.82, 2.24) is 0 Å². The van der Waals surface area contributed by atoms with Gasteiger partial charge in [-0.1, -0.05) is 0 Å². The van der Waals surface area contributed by atoms with Gasteiger partial charge in [0.1, 0.15) is 6.29 Å². The van der Waals surface area contributed by atoms with Crippen LogP contribution in [0.5, 0.6) is 0 Å². The molecule has 0 rings (SSSR count). The molecule has 0 aromatic heterocycles. The normalized spacial score (nSPS) is 5.71. The van der Waals surface area contributed by atoms with Crippen LogP contribution in [0.15, 0.2) is 0 Å². The third-order valence-electron chi connectivity index (χ3n) is 0. The summed E-state index contributed by atoms with van der Waals surface area (Å²) in [6, 6.07) is 0. The minimum absolute atomic E-state index is 0.306. The number of hydrogen-bond acceptors (Lipinski definition) is 2. The van der Waals surface area contributed by atoms with Crippen LogP contribution in [0.2, 0.25) is 0 Å². The Balaban J connectivity index is 0. The molecular weight excluding hydrogens is 103 g/mol. The van der Waals surface area contributed by atoms with Crippen LogP contribution in [0, 0.1) is 0 Å². The van der Waals surface area contributed by atoms with Gasteiger partial charge in [0.05, 0.1) is 0 Å². The first-order chi connectivity index (χ1) is 3.15. The second kappa shape index (κ2) is 9.60. The van der Waals surface area contributed by atoms with E-state index in [9.17, 15) is 4.79 Å². The van der Waals surface area contributed by atoms with Gasteiger partial charge in [-0.2, -0.15) is 0 Å². The summed E-state index contributed by atoms with van der Waals surface area (Å²) in [5, 5.41) is 0. The number of hydrogen-bond donors (Lipinski definition) is 0. The maximum atomic E-state index is 9.51. The Bertz CT molecular complexity index is 56.7. The topological polar surface area (TPSA) is 34.1 Å². The molecule has 7 heavy (non-hydrogen) atoms. The fourth-order valence-corrected chi connectivity index (χ4v) is 0. The molecule has 0 saturated carbocycles. The van der Waals surface area contributed by atoms with E-state index < -0.39 is 0 Å². The van der Waals surface area contributed by atoms with E-state index in [4.69, 9.17) is 4.79 Å². The Hall–Kier alpha value is 0.340. The van der Waals surface area contributed by atoms with Gasteiger partial charge >= 0.3 is 42.7 Å². The predicted octanol–water partition coefficient (Wildman–Crippen LogP) is -0.0934. The fourth-order valence-electron chi connectivity index (χ4n) is 0. The standard InChI is InChI=1S/C2H4O.C2H3O.Na/c2*1-2-3;/h2H,1H3;1H3;. The van der Waals surface area contributed by atoms with Gasteiger partial charge in [0.25, 0.3) is 0 Å². The molecule has 0 aliphatic carbocycles. The van der Waals surface area contributed by atoms with E-state index in [-0.39, 0.29) is 0 Å². The molecule has 0 N–H and O–H groups in total. The van der Waals surface area contributed by atoms with Gasteiger partial charge in [-0.05, 0) is 6.92 Å². The minimum atomic E-state index is 0.306. The van der Waals surface area contributed by atoms with Gasteiger partial charge in [0.2, 0.25) is 0 Å². The Morgan fingerprint density at radius 3 is 1.71 bits per heavy atom. The van der Waals surface area contributed by atoms with E-state index >= 15 is 0 Å². The average Bonchev–Trinajstić information content (AvgIpc) is 1.33. The third kappa shape index (κ3) is 1030. The van der Waals surface area contributed by atoms with E-state index in [0.717, 1.165) is 6.29 Å². The molecule has 2 nitrogen and oxygen atoms in total. The number of aldehydes is 1. The Kier molecular flexibility index (Phi) is 14.2. The molecule has 0 aliphatic rings. The summed E-state index contributed by atoms with van der Waals surface area (Å²) in [5.41, 5.74) is 0. The molecule has 0 aromatic carbocycles. The quantitative estimate of drug-likeness (QED) is 0.322. The summed E-state index contributed by atoms with van der Waals surface area (Å²) in [6.07, 6.45) is 0.750. The Morgan fingerprint density at radius 1 is 1.71 bits per heavy atom. The van der Waals surface area contributed by atoms with Crippen molar-refractivity contribution in [2.45, 2.75) is 13.8 Å². The monoisotopic (exact) mass is 110 g/mol. The molecule has 0 saturated heterocycles. The molecular formula is C4H7NaO2. The zero-order valence-electron chi connectivity index (χ0n) is 4.89. The molecule has 0 amide bonds. The van der Waals surface area contributed by atoms with Gasteiger partial charge in [-0.15, -0.1) is 0 Å². The van der Waals surface area contributed by atoms with E-state index in [1.165, 1.54) is 6.92 Å².